The minimum Gasteiger partial charge on any atom is -0.506 e. The Morgan fingerprint density at radius 1 is 0.892 bits per heavy atom. The predicted octanol–water partition coefficient (Wildman–Crippen LogP) is 2.99. The highest BCUT2D eigenvalue weighted by Crippen LogP contribution is 2.45. The Hall–Kier alpha value is -4.35. The molecule has 1 heterocycles. The van der Waals surface area contributed by atoms with Crippen molar-refractivity contribution in [2.24, 2.45) is 5.14 Å². The number of primary sulfonamides is 1. The number of sulfonamides is 1. The molecule has 0 saturated carbocycles. The van der Waals surface area contributed by atoms with Crippen LogP contribution in [0.25, 0.3) is 5.76 Å². The molecule has 0 aromatic heterocycles. The summed E-state index contributed by atoms with van der Waals surface area (Å²) in [5, 5.41) is 16.7. The molecule has 10 nitrogen and oxygen atoms in total. The lowest BCUT2D eigenvalue weighted by Crippen LogP contribution is -2.29. The lowest BCUT2D eigenvalue weighted by Gasteiger charge is -2.26. The van der Waals surface area contributed by atoms with Gasteiger partial charge < -0.3 is 19.3 Å². The standard InChI is InChI=1S/C26H24N2O8S/c1-34-17-7-4-6-15(14-17)23-22(24(29)21-19(35-2)8-5-9-20(21)36-3)25(30)26(31)28(23)16-10-12-18(13-11-16)37(27,32)33/h4-14,23,29H,1-3H3,(H2,27,32,33)/b24-22+. The summed E-state index contributed by atoms with van der Waals surface area (Å²) >= 11 is 0. The predicted molar refractivity (Wildman–Crippen MR) is 135 cm³/mol. The van der Waals surface area contributed by atoms with E-state index in [9.17, 15) is 23.1 Å². The minimum absolute atomic E-state index is 0.1000. The Bertz CT molecular complexity index is 1490. The first kappa shape index (κ1) is 25.7. The number of anilines is 1. The highest BCUT2D eigenvalue weighted by Gasteiger charge is 2.47. The summed E-state index contributed by atoms with van der Waals surface area (Å²) in [5.41, 5.74) is 0.567. The molecule has 1 aliphatic heterocycles. The third-order valence-electron chi connectivity index (χ3n) is 5.96. The van der Waals surface area contributed by atoms with E-state index in [2.05, 4.69) is 0 Å². The van der Waals surface area contributed by atoms with Crippen LogP contribution in [0, 0.1) is 0 Å². The molecule has 1 atom stereocenters. The molecule has 0 bridgehead atoms. The van der Waals surface area contributed by atoms with Crippen LogP contribution in [0.4, 0.5) is 5.69 Å². The zero-order valence-corrected chi connectivity index (χ0v) is 21.0. The normalized spacial score (nSPS) is 17.1. The Kier molecular flexibility index (Phi) is 6.92. The second-order valence-electron chi connectivity index (χ2n) is 8.02. The average molecular weight is 525 g/mol. The molecule has 3 aromatic rings. The van der Waals surface area contributed by atoms with E-state index in [1.165, 1.54) is 50.5 Å². The number of ether oxygens (including phenoxy) is 3. The van der Waals surface area contributed by atoms with Crippen LogP contribution < -0.4 is 24.2 Å². The number of ketones is 1. The van der Waals surface area contributed by atoms with E-state index in [4.69, 9.17) is 19.3 Å². The largest absolute Gasteiger partial charge is 0.506 e. The van der Waals surface area contributed by atoms with Gasteiger partial charge in [0.25, 0.3) is 11.7 Å². The van der Waals surface area contributed by atoms with Gasteiger partial charge in [0.05, 0.1) is 37.8 Å². The fourth-order valence-electron chi connectivity index (χ4n) is 4.24. The van der Waals surface area contributed by atoms with Crippen molar-refractivity contribution in [1.82, 2.24) is 0 Å². The zero-order valence-electron chi connectivity index (χ0n) is 20.2. The molecule has 11 heteroatoms. The van der Waals surface area contributed by atoms with E-state index in [0.29, 0.717) is 11.3 Å². The molecule has 1 saturated heterocycles. The molecule has 192 valence electrons. The quantitative estimate of drug-likeness (QED) is 0.273. The van der Waals surface area contributed by atoms with E-state index >= 15 is 0 Å². The first-order valence-corrected chi connectivity index (χ1v) is 12.5. The van der Waals surface area contributed by atoms with E-state index < -0.39 is 33.5 Å². The molecular weight excluding hydrogens is 500 g/mol. The third-order valence-corrected chi connectivity index (χ3v) is 6.89. The number of methoxy groups -OCH3 is 3. The van der Waals surface area contributed by atoms with Crippen LogP contribution in [0.1, 0.15) is 17.2 Å². The van der Waals surface area contributed by atoms with Crippen LogP contribution in [0.3, 0.4) is 0 Å². The van der Waals surface area contributed by atoms with E-state index in [-0.39, 0.29) is 33.2 Å². The van der Waals surface area contributed by atoms with Crippen molar-refractivity contribution in [3.63, 3.8) is 0 Å². The van der Waals surface area contributed by atoms with Crippen molar-refractivity contribution in [2.75, 3.05) is 26.2 Å². The van der Waals surface area contributed by atoms with Crippen molar-refractivity contribution >= 4 is 33.2 Å². The lowest BCUT2D eigenvalue weighted by molar-refractivity contribution is -0.132. The molecule has 3 N–H and O–H groups in total. The summed E-state index contributed by atoms with van der Waals surface area (Å²) in [6.07, 6.45) is 0. The molecule has 1 amide bonds. The molecule has 37 heavy (non-hydrogen) atoms. The van der Waals surface area contributed by atoms with Crippen molar-refractivity contribution in [3.8, 4) is 17.2 Å². The Morgan fingerprint density at radius 3 is 2.03 bits per heavy atom. The number of nitrogens with zero attached hydrogens (tertiary/aromatic N) is 1. The first-order valence-electron chi connectivity index (χ1n) is 10.9. The summed E-state index contributed by atoms with van der Waals surface area (Å²) in [7, 11) is 0.291. The highest BCUT2D eigenvalue weighted by atomic mass is 32.2. The number of amides is 1. The van der Waals surface area contributed by atoms with Crippen LogP contribution in [-0.4, -0.2) is 46.5 Å². The Labute approximate surface area is 213 Å². The number of hydrogen-bond acceptors (Lipinski definition) is 8. The fraction of sp³-hybridized carbons (Fsp3) is 0.154. The van der Waals surface area contributed by atoms with E-state index in [0.717, 1.165) is 0 Å². The smallest absolute Gasteiger partial charge is 0.300 e. The fourth-order valence-corrected chi connectivity index (χ4v) is 4.76. The summed E-state index contributed by atoms with van der Waals surface area (Å²) in [6.45, 7) is 0. The second-order valence-corrected chi connectivity index (χ2v) is 9.58. The maximum atomic E-state index is 13.4. The number of benzene rings is 3. The van der Waals surface area contributed by atoms with Gasteiger partial charge in [-0.1, -0.05) is 18.2 Å². The summed E-state index contributed by atoms with van der Waals surface area (Å²) < 4.78 is 39.6. The molecule has 0 aliphatic carbocycles. The molecular formula is C26H24N2O8S. The Morgan fingerprint density at radius 2 is 1.49 bits per heavy atom. The number of hydrogen-bond donors (Lipinski definition) is 2. The molecule has 1 unspecified atom stereocenters. The Balaban J connectivity index is 2.00. The maximum Gasteiger partial charge on any atom is 0.300 e. The van der Waals surface area contributed by atoms with Crippen LogP contribution in [0.2, 0.25) is 0 Å². The first-order chi connectivity index (χ1) is 17.6. The van der Waals surface area contributed by atoms with E-state index in [1.807, 2.05) is 0 Å². The van der Waals surface area contributed by atoms with Gasteiger partial charge in [-0.15, -0.1) is 0 Å². The highest BCUT2D eigenvalue weighted by molar-refractivity contribution is 7.89. The van der Waals surface area contributed by atoms with Gasteiger partial charge >= 0.3 is 0 Å². The molecule has 1 aliphatic rings. The number of carbonyl (C=O) groups excluding carboxylic acids is 2. The number of rotatable bonds is 7. The topological polar surface area (TPSA) is 145 Å². The monoisotopic (exact) mass is 524 g/mol. The number of nitrogens with two attached hydrogens (primary N) is 1. The third kappa shape index (κ3) is 4.61. The summed E-state index contributed by atoms with van der Waals surface area (Å²) in [4.78, 5) is 27.8. The minimum atomic E-state index is -3.98. The van der Waals surface area contributed by atoms with Crippen LogP contribution >= 0.6 is 0 Å². The second kappa shape index (κ2) is 9.96. The average Bonchev–Trinajstić information content (AvgIpc) is 3.17. The van der Waals surface area contributed by atoms with Gasteiger partial charge in [0.1, 0.15) is 28.6 Å². The molecule has 0 radical (unpaired) electrons. The van der Waals surface area contributed by atoms with Gasteiger partial charge in [0.15, 0.2) is 0 Å². The zero-order chi connectivity index (χ0) is 26.9. The van der Waals surface area contributed by atoms with E-state index in [1.54, 1.807) is 42.5 Å². The number of aliphatic hydroxyl groups excluding tert-OH is 1. The van der Waals surface area contributed by atoms with Gasteiger partial charge in [-0.3, -0.25) is 14.5 Å². The van der Waals surface area contributed by atoms with Crippen LogP contribution in [0.15, 0.2) is 77.2 Å². The molecule has 0 spiro atoms. The van der Waals surface area contributed by atoms with Crippen molar-refractivity contribution in [2.45, 2.75) is 10.9 Å². The molecule has 3 aromatic carbocycles. The van der Waals surface area contributed by atoms with Crippen molar-refractivity contribution in [3.05, 3.63) is 83.4 Å². The number of aliphatic hydroxyl groups is 1. The number of Topliss-reactive ketones (excluding diaryl/α,β-unsaturated/α-hetero) is 1. The SMILES string of the molecule is COc1cccc(C2/C(=C(\O)c3c(OC)cccc3OC)C(=O)C(=O)N2c2ccc(S(N)(=O)=O)cc2)c1. The van der Waals surface area contributed by atoms with Crippen LogP contribution in [0.5, 0.6) is 17.2 Å². The van der Waals surface area contributed by atoms with Gasteiger partial charge in [0.2, 0.25) is 10.0 Å². The summed E-state index contributed by atoms with van der Waals surface area (Å²) in [6, 6.07) is 15.6. The van der Waals surface area contributed by atoms with Crippen LogP contribution in [-0.2, 0) is 19.6 Å². The molecule has 4 rings (SSSR count). The van der Waals surface area contributed by atoms with Gasteiger partial charge in [0, 0.05) is 5.69 Å². The van der Waals surface area contributed by atoms with Gasteiger partial charge in [-0.2, -0.15) is 0 Å². The summed E-state index contributed by atoms with van der Waals surface area (Å²) in [5.74, 6) is -1.46. The maximum absolute atomic E-state index is 13.4. The lowest BCUT2D eigenvalue weighted by atomic mass is 9.94. The number of carbonyl (C=O) groups is 2. The molecule has 1 fully saturated rings. The van der Waals surface area contributed by atoms with Crippen molar-refractivity contribution in [1.29, 1.82) is 0 Å². The van der Waals surface area contributed by atoms with Crippen molar-refractivity contribution < 1.29 is 37.3 Å². The van der Waals surface area contributed by atoms with Gasteiger partial charge in [-0.05, 0) is 54.1 Å². The van der Waals surface area contributed by atoms with Gasteiger partial charge in [-0.25, -0.2) is 13.6 Å².